The molecular formula is C44H33Cl2N16Na5O18S5. The summed E-state index contributed by atoms with van der Waals surface area (Å²) in [5.41, 5.74) is 4.50. The van der Waals surface area contributed by atoms with Crippen LogP contribution in [0.5, 0.6) is 5.75 Å². The standard InChI is InChI=1S/C44H38Cl2N16O18S5.5Na/c1-19-8-31(33(80-2)16-29(19)61-59-22-11-27-25(35(13-22)83(71,72)73)4-3-5-34(27)82(68,69)70)52-44-56-39(46)54-42(58-44)49-18-23(63)17-48-41-53-38(45)55-43(57-41)50-21-6-7-28(30(12-21)51-40(47)64)60-62-32-15-26-20(10-37(32)85(77,78)79)9-24(81(65,66)67)14-36(26)84(74,75)76;;;;;/h3-16,23,63H,17-18H2,1-2H3,(H3,47,51,64)(H,65,66,67)(H,68,69,70)(H,71,72,73)(H,74,75,76)(H,77,78,79)(H2,48,50,53,55,57)(H2,49,52,54,56,58);;;;;/q;5*+1/p-5. The van der Waals surface area contributed by atoms with E-state index < -0.39 is 104 Å². The van der Waals surface area contributed by atoms with E-state index in [1.807, 2.05) is 0 Å². The fourth-order valence-electron chi connectivity index (χ4n) is 7.62. The summed E-state index contributed by atoms with van der Waals surface area (Å²) < 4.78 is 184. The third kappa shape index (κ3) is 21.0. The van der Waals surface area contributed by atoms with Crippen molar-refractivity contribution in [2.24, 2.45) is 31.2 Å². The number of ether oxygens (including phenoxy) is 1. The van der Waals surface area contributed by atoms with Crippen molar-refractivity contribution in [3.05, 3.63) is 101 Å². The molecule has 2 heterocycles. The van der Waals surface area contributed by atoms with E-state index in [1.54, 1.807) is 6.92 Å². The summed E-state index contributed by atoms with van der Waals surface area (Å²) in [7, 11) is -25.2. The van der Waals surface area contributed by atoms with E-state index in [1.165, 1.54) is 25.3 Å². The molecule has 8 aromatic rings. The van der Waals surface area contributed by atoms with E-state index in [0.717, 1.165) is 42.5 Å². The zero-order chi connectivity index (χ0) is 62.1. The number of nitrogens with one attached hydrogen (secondary N) is 4. The average Bonchev–Trinajstić information content (AvgIpc) is 0.886. The SMILES string of the molecule is COc1cc(N=Nc2cc(S(=O)(=O)[O-])c3cccc(S(=O)(=O)[O-])c3c2)c(C)cc1Nc1nc(Cl)nc(NCC(O)CNc2nc(Cl)nc(Nc3ccc(N=Nc4cc5c(S(=O)(=O)[O-])cc(S(=O)(=O)[O-])cc5cc4S(=O)(=O)O)c(N=C(N)[O-])c3)n2)n1.[Na+].[Na+].[Na+].[Na+].[Na+]. The number of nitrogens with two attached hydrogens (primary N) is 1. The van der Waals surface area contributed by atoms with E-state index in [2.05, 4.69) is 76.6 Å². The molecule has 46 heteroatoms. The Morgan fingerprint density at radius 3 is 1.67 bits per heavy atom. The minimum Gasteiger partial charge on any atom is -0.846 e. The monoisotopic (exact) mass is 1420 g/mol. The summed E-state index contributed by atoms with van der Waals surface area (Å²) in [6.07, 6.45) is -1.23. The molecule has 0 bridgehead atoms. The minimum atomic E-state index is -5.54. The van der Waals surface area contributed by atoms with Crippen molar-refractivity contribution in [1.82, 2.24) is 29.9 Å². The predicted octanol–water partition coefficient (Wildman–Crippen LogP) is -10.6. The van der Waals surface area contributed by atoms with Gasteiger partial charge in [0.05, 0.1) is 61.6 Å². The van der Waals surface area contributed by atoms with Gasteiger partial charge in [-0.05, 0) is 108 Å². The predicted molar refractivity (Wildman–Crippen MR) is 293 cm³/mol. The van der Waals surface area contributed by atoms with Crippen molar-refractivity contribution in [1.29, 1.82) is 0 Å². The zero-order valence-electron chi connectivity index (χ0n) is 47.3. The van der Waals surface area contributed by atoms with Gasteiger partial charge in [-0.1, -0.05) is 12.1 Å². The first kappa shape index (κ1) is 80.7. The number of azo groups is 2. The fourth-order valence-corrected chi connectivity index (χ4v) is 11.3. The van der Waals surface area contributed by atoms with Gasteiger partial charge in [-0.2, -0.15) is 48.6 Å². The molecule has 0 radical (unpaired) electrons. The van der Waals surface area contributed by atoms with Gasteiger partial charge < -0.3 is 60.2 Å². The molecule has 446 valence electrons. The molecule has 8 N–H and O–H groups in total. The number of aliphatic imine (C=N–C) groups is 1. The van der Waals surface area contributed by atoms with Crippen molar-refractivity contribution in [2.75, 3.05) is 41.5 Å². The maximum absolute atomic E-state index is 12.4. The van der Waals surface area contributed by atoms with Crippen molar-refractivity contribution < 1.29 is 228 Å². The molecule has 8 rings (SSSR count). The van der Waals surface area contributed by atoms with Gasteiger partial charge in [0.1, 0.15) is 62.5 Å². The zero-order valence-corrected chi connectivity index (χ0v) is 62.9. The number of hydrogen-bond donors (Lipinski definition) is 7. The van der Waals surface area contributed by atoms with Gasteiger partial charge in [0.15, 0.2) is 0 Å². The molecule has 0 amide bonds. The second-order valence-corrected chi connectivity index (χ2v) is 24.6. The molecule has 0 fully saturated rings. The van der Waals surface area contributed by atoms with Gasteiger partial charge in [-0.3, -0.25) is 4.55 Å². The van der Waals surface area contributed by atoms with E-state index in [-0.39, 0.29) is 252 Å². The Bertz CT molecular complexity index is 4770. The number of aliphatic hydroxyl groups excluding tert-OH is 1. The molecule has 0 spiro atoms. The van der Waals surface area contributed by atoms with E-state index in [9.17, 15) is 75.1 Å². The second-order valence-electron chi connectivity index (χ2n) is 17.1. The Balaban J connectivity index is 0.00000423. The smallest absolute Gasteiger partial charge is 0.846 e. The molecule has 34 nitrogen and oxygen atoms in total. The number of aliphatic hydroxyl groups is 1. The molecule has 2 aromatic heterocycles. The summed E-state index contributed by atoms with van der Waals surface area (Å²) in [5.74, 6) is -0.488. The number of rotatable bonds is 21. The van der Waals surface area contributed by atoms with Crippen LogP contribution in [0, 0.1) is 6.92 Å². The van der Waals surface area contributed by atoms with E-state index in [0.29, 0.717) is 23.8 Å². The van der Waals surface area contributed by atoms with Crippen LogP contribution < -0.4 is 185 Å². The third-order valence-electron chi connectivity index (χ3n) is 11.2. The topological polar surface area (TPSA) is 549 Å². The van der Waals surface area contributed by atoms with Crippen molar-refractivity contribution in [3.8, 4) is 5.75 Å². The number of aromatic nitrogens is 6. The number of benzene rings is 6. The molecule has 0 saturated carbocycles. The summed E-state index contributed by atoms with van der Waals surface area (Å²) >= 11 is 12.4. The number of amidine groups is 1. The summed E-state index contributed by atoms with van der Waals surface area (Å²) in [6.45, 7) is 1.14. The molecule has 90 heavy (non-hydrogen) atoms. The van der Waals surface area contributed by atoms with Gasteiger partial charge in [0, 0.05) is 41.0 Å². The Labute approximate surface area is 630 Å². The Kier molecular flexibility index (Phi) is 29.3. The van der Waals surface area contributed by atoms with Gasteiger partial charge in [-0.25, -0.2) is 38.7 Å². The Hall–Kier alpha value is -3.58. The molecule has 0 aliphatic heterocycles. The van der Waals surface area contributed by atoms with Crippen molar-refractivity contribution in [2.45, 2.75) is 37.5 Å². The number of hydrogen-bond acceptors (Lipinski definition) is 32. The van der Waals surface area contributed by atoms with Crippen LogP contribution in [0.25, 0.3) is 21.5 Å². The summed E-state index contributed by atoms with van der Waals surface area (Å²) in [4.78, 5) is 23.0. The van der Waals surface area contributed by atoms with Crippen molar-refractivity contribution in [3.63, 3.8) is 0 Å². The van der Waals surface area contributed by atoms with Gasteiger partial charge >= 0.3 is 148 Å². The van der Waals surface area contributed by atoms with Crippen LogP contribution in [0.15, 0.2) is 135 Å². The number of fused-ring (bicyclic) bond motifs is 2. The van der Waals surface area contributed by atoms with E-state index >= 15 is 0 Å². The number of anilines is 6. The largest absolute Gasteiger partial charge is 1.00 e. The maximum Gasteiger partial charge on any atom is 1.00 e. The van der Waals surface area contributed by atoms with Crippen LogP contribution in [0.4, 0.5) is 63.6 Å². The quantitative estimate of drug-likeness (QED) is 0.0115. The molecule has 1 atom stereocenters. The first-order valence-corrected chi connectivity index (χ1v) is 30.7. The van der Waals surface area contributed by atoms with Crippen LogP contribution >= 0.6 is 23.2 Å². The molecule has 6 aromatic carbocycles. The first-order valence-electron chi connectivity index (χ1n) is 22.8. The number of aryl methyl sites for hydroxylation is 1. The van der Waals surface area contributed by atoms with Crippen LogP contribution in [-0.4, -0.2) is 132 Å². The normalized spacial score (nSPS) is 12.4. The number of nitrogens with zero attached hydrogens (tertiary/aromatic N) is 11. The summed E-state index contributed by atoms with van der Waals surface area (Å²) in [6, 6.07) is 12.5. The average molecular weight is 1420 g/mol. The van der Waals surface area contributed by atoms with Crippen LogP contribution in [0.3, 0.4) is 0 Å². The first-order chi connectivity index (χ1) is 39.6. The minimum absolute atomic E-state index is 0. The van der Waals surface area contributed by atoms with Crippen LogP contribution in [-0.2, 0) is 50.6 Å². The maximum atomic E-state index is 12.4. The van der Waals surface area contributed by atoms with Crippen LogP contribution in [0.1, 0.15) is 5.56 Å². The molecule has 0 aliphatic rings. The molecule has 1 unspecified atom stereocenters. The third-order valence-corrected chi connectivity index (χ3v) is 15.9. The fraction of sp³-hybridized carbons (Fsp3) is 0.114. The Morgan fingerprint density at radius 2 is 1.12 bits per heavy atom. The number of methoxy groups -OCH3 is 1. The van der Waals surface area contributed by atoms with Gasteiger partial charge in [0.2, 0.25) is 34.4 Å². The second kappa shape index (κ2) is 32.7. The van der Waals surface area contributed by atoms with Gasteiger partial charge in [-0.15, -0.1) is 10.2 Å². The van der Waals surface area contributed by atoms with Crippen LogP contribution in [0.2, 0.25) is 10.6 Å². The van der Waals surface area contributed by atoms with E-state index in [4.69, 9.17) is 33.7 Å². The van der Waals surface area contributed by atoms with Gasteiger partial charge in [0.25, 0.3) is 10.1 Å². The molecule has 0 aliphatic carbocycles. The molecular weight excluding hydrogens is 1390 g/mol. The van der Waals surface area contributed by atoms with Crippen molar-refractivity contribution >= 4 is 165 Å². The Morgan fingerprint density at radius 1 is 0.578 bits per heavy atom. The summed E-state index contributed by atoms with van der Waals surface area (Å²) in [5, 5.41) is 47.4. The number of halogens is 2. The molecule has 0 saturated heterocycles.